The molecule has 1 aliphatic carbocycles. The molecular weight excluding hydrogens is 266 g/mol. The second-order valence-corrected chi connectivity index (χ2v) is 8.16. The van der Waals surface area contributed by atoms with E-state index >= 15 is 0 Å². The van der Waals surface area contributed by atoms with E-state index in [0.717, 1.165) is 12.8 Å². The molecule has 20 heavy (non-hydrogen) atoms. The summed E-state index contributed by atoms with van der Waals surface area (Å²) in [4.78, 5) is 13.3. The van der Waals surface area contributed by atoms with Crippen LogP contribution in [0.25, 0.3) is 0 Å². The minimum Gasteiger partial charge on any atom is -0.352 e. The average Bonchev–Trinajstić information content (AvgIpc) is 3.14. The smallest absolute Gasteiger partial charge is 0.233 e. The van der Waals surface area contributed by atoms with Gasteiger partial charge in [0.25, 0.3) is 0 Å². The van der Waals surface area contributed by atoms with Gasteiger partial charge in [-0.25, -0.2) is 0 Å². The van der Waals surface area contributed by atoms with Gasteiger partial charge in [-0.2, -0.15) is 0 Å². The molecule has 110 valence electrons. The molecule has 2 nitrogen and oxygen atoms in total. The molecule has 1 unspecified atom stereocenters. The van der Waals surface area contributed by atoms with Crippen molar-refractivity contribution in [2.24, 2.45) is 0 Å². The Kier molecular flexibility index (Phi) is 4.48. The van der Waals surface area contributed by atoms with Gasteiger partial charge < -0.3 is 5.32 Å². The molecule has 1 amide bonds. The fourth-order valence-electron chi connectivity index (χ4n) is 1.98. The van der Waals surface area contributed by atoms with Crippen LogP contribution in [0, 0.1) is 6.92 Å². The lowest BCUT2D eigenvalue weighted by Crippen LogP contribution is -2.32. The number of carbonyl (C=O) groups is 1. The summed E-state index contributed by atoms with van der Waals surface area (Å²) in [5.74, 6) is 0.165. The second-order valence-electron chi connectivity index (χ2n) is 6.77. The highest BCUT2D eigenvalue weighted by atomic mass is 32.2. The molecule has 1 aromatic carbocycles. The van der Waals surface area contributed by atoms with Crippen LogP contribution in [0.1, 0.15) is 51.7 Å². The van der Waals surface area contributed by atoms with Gasteiger partial charge in [0.05, 0.1) is 5.25 Å². The number of thioether (sulfide) groups is 1. The minimum absolute atomic E-state index is 0.0375. The number of amides is 1. The maximum atomic E-state index is 12.1. The van der Waals surface area contributed by atoms with Crippen LogP contribution in [0.4, 0.5) is 0 Å². The molecule has 0 aromatic heterocycles. The summed E-state index contributed by atoms with van der Waals surface area (Å²) in [5, 5.41) is 3.04. The highest BCUT2D eigenvalue weighted by molar-refractivity contribution is 8.00. The molecule has 1 aromatic rings. The largest absolute Gasteiger partial charge is 0.352 e. The molecular formula is C17H25NOS. The van der Waals surface area contributed by atoms with Gasteiger partial charge in [0.15, 0.2) is 0 Å². The number of benzene rings is 1. The van der Waals surface area contributed by atoms with Crippen LogP contribution in [0.2, 0.25) is 0 Å². The molecule has 0 bridgehead atoms. The highest BCUT2D eigenvalue weighted by Crippen LogP contribution is 2.32. The van der Waals surface area contributed by atoms with Gasteiger partial charge in [0.2, 0.25) is 5.91 Å². The van der Waals surface area contributed by atoms with E-state index in [-0.39, 0.29) is 16.6 Å². The van der Waals surface area contributed by atoms with E-state index < -0.39 is 0 Å². The summed E-state index contributed by atoms with van der Waals surface area (Å²) in [5.41, 5.74) is 2.71. The van der Waals surface area contributed by atoms with Crippen molar-refractivity contribution in [1.29, 1.82) is 0 Å². The monoisotopic (exact) mass is 291 g/mol. The number of carbonyl (C=O) groups excluding carboxylic acids is 1. The van der Waals surface area contributed by atoms with Crippen LogP contribution in [-0.2, 0) is 10.2 Å². The van der Waals surface area contributed by atoms with Gasteiger partial charge in [-0.1, -0.05) is 32.9 Å². The van der Waals surface area contributed by atoms with Gasteiger partial charge in [-0.05, 0) is 49.3 Å². The molecule has 1 N–H and O–H groups in total. The summed E-state index contributed by atoms with van der Waals surface area (Å²) in [7, 11) is 0. The van der Waals surface area contributed by atoms with Gasteiger partial charge in [-0.3, -0.25) is 4.79 Å². The third-order valence-electron chi connectivity index (χ3n) is 3.65. The molecule has 0 spiro atoms. The number of aryl methyl sites for hydroxylation is 1. The Balaban J connectivity index is 2.09. The molecule has 3 heteroatoms. The molecule has 2 rings (SSSR count). The Morgan fingerprint density at radius 2 is 2.00 bits per heavy atom. The van der Waals surface area contributed by atoms with Crippen molar-refractivity contribution in [1.82, 2.24) is 5.32 Å². The summed E-state index contributed by atoms with van der Waals surface area (Å²) < 4.78 is 0. The van der Waals surface area contributed by atoms with Crippen molar-refractivity contribution in [3.05, 3.63) is 29.3 Å². The van der Waals surface area contributed by atoms with Crippen LogP contribution < -0.4 is 5.32 Å². The van der Waals surface area contributed by atoms with Crippen LogP contribution in [0.3, 0.4) is 0 Å². The first kappa shape index (κ1) is 15.4. The quantitative estimate of drug-likeness (QED) is 0.848. The fourth-order valence-corrected chi connectivity index (χ4v) is 2.99. The summed E-state index contributed by atoms with van der Waals surface area (Å²) in [6.45, 7) is 10.8. The second kappa shape index (κ2) is 5.80. The van der Waals surface area contributed by atoms with Gasteiger partial charge >= 0.3 is 0 Å². The Bertz CT molecular complexity index is 500. The molecule has 1 saturated carbocycles. The Labute approximate surface area is 126 Å². The lowest BCUT2D eigenvalue weighted by atomic mass is 9.87. The Morgan fingerprint density at radius 3 is 2.55 bits per heavy atom. The zero-order valence-electron chi connectivity index (χ0n) is 13.1. The zero-order valence-corrected chi connectivity index (χ0v) is 13.9. The van der Waals surface area contributed by atoms with E-state index in [1.807, 2.05) is 6.92 Å². The third kappa shape index (κ3) is 4.02. The summed E-state index contributed by atoms with van der Waals surface area (Å²) in [6.07, 6.45) is 2.28. The topological polar surface area (TPSA) is 29.1 Å². The number of hydrogen-bond donors (Lipinski definition) is 1. The van der Waals surface area contributed by atoms with Gasteiger partial charge in [0, 0.05) is 10.9 Å². The standard InChI is InChI=1S/C17H25NOS/c1-11-6-7-13(17(3,4)5)10-15(11)20-12(2)16(19)18-14-8-9-14/h6-7,10,12,14H,8-9H2,1-5H3,(H,18,19). The van der Waals surface area contributed by atoms with Gasteiger partial charge in [0.1, 0.15) is 0 Å². The minimum atomic E-state index is -0.0375. The van der Waals surface area contributed by atoms with Crippen LogP contribution in [0.15, 0.2) is 23.1 Å². The lowest BCUT2D eigenvalue weighted by Gasteiger charge is -2.21. The molecule has 0 heterocycles. The molecule has 1 atom stereocenters. The molecule has 1 fully saturated rings. The van der Waals surface area contributed by atoms with E-state index in [9.17, 15) is 4.79 Å². The van der Waals surface area contributed by atoms with E-state index in [1.165, 1.54) is 16.0 Å². The van der Waals surface area contributed by atoms with Crippen LogP contribution in [-0.4, -0.2) is 17.2 Å². The maximum absolute atomic E-state index is 12.1. The van der Waals surface area contributed by atoms with E-state index in [0.29, 0.717) is 6.04 Å². The van der Waals surface area contributed by atoms with Crippen LogP contribution >= 0.6 is 11.8 Å². The zero-order chi connectivity index (χ0) is 14.9. The molecule has 0 saturated heterocycles. The highest BCUT2D eigenvalue weighted by Gasteiger charge is 2.26. The van der Waals surface area contributed by atoms with E-state index in [1.54, 1.807) is 11.8 Å². The summed E-state index contributed by atoms with van der Waals surface area (Å²) in [6, 6.07) is 7.02. The predicted octanol–water partition coefficient (Wildman–Crippen LogP) is 4.05. The van der Waals surface area contributed by atoms with Crippen molar-refractivity contribution in [3.8, 4) is 0 Å². The van der Waals surface area contributed by atoms with Crippen molar-refractivity contribution in [2.75, 3.05) is 0 Å². The van der Waals surface area contributed by atoms with E-state index in [2.05, 4.69) is 51.2 Å². The Hall–Kier alpha value is -0.960. The molecule has 0 aliphatic heterocycles. The van der Waals surface area contributed by atoms with Gasteiger partial charge in [-0.15, -0.1) is 11.8 Å². The summed E-state index contributed by atoms with van der Waals surface area (Å²) >= 11 is 1.67. The Morgan fingerprint density at radius 1 is 1.35 bits per heavy atom. The van der Waals surface area contributed by atoms with Crippen molar-refractivity contribution in [3.63, 3.8) is 0 Å². The SMILES string of the molecule is Cc1ccc(C(C)(C)C)cc1SC(C)C(=O)NC1CC1. The third-order valence-corrected chi connectivity index (χ3v) is 4.91. The molecule has 0 radical (unpaired) electrons. The van der Waals surface area contributed by atoms with Crippen molar-refractivity contribution < 1.29 is 4.79 Å². The van der Waals surface area contributed by atoms with E-state index in [4.69, 9.17) is 0 Å². The first-order chi connectivity index (χ1) is 9.27. The first-order valence-electron chi connectivity index (χ1n) is 7.35. The van der Waals surface area contributed by atoms with Crippen molar-refractivity contribution >= 4 is 17.7 Å². The van der Waals surface area contributed by atoms with Crippen molar-refractivity contribution in [2.45, 2.75) is 69.1 Å². The lowest BCUT2D eigenvalue weighted by molar-refractivity contribution is -0.120. The number of hydrogen-bond acceptors (Lipinski definition) is 2. The normalized spacial score (nSPS) is 16.9. The average molecular weight is 291 g/mol. The molecule has 1 aliphatic rings. The van der Waals surface area contributed by atoms with Crippen LogP contribution in [0.5, 0.6) is 0 Å². The maximum Gasteiger partial charge on any atom is 0.233 e. The predicted molar refractivity (Wildman–Crippen MR) is 86.4 cm³/mol. The number of rotatable bonds is 4. The first-order valence-corrected chi connectivity index (χ1v) is 8.23. The fraction of sp³-hybridized carbons (Fsp3) is 0.588. The number of nitrogens with one attached hydrogen (secondary N) is 1.